The van der Waals surface area contributed by atoms with Crippen LogP contribution in [0.1, 0.15) is 20.3 Å². The highest BCUT2D eigenvalue weighted by Gasteiger charge is 2.12. The summed E-state index contributed by atoms with van der Waals surface area (Å²) in [5.41, 5.74) is 0.621. The van der Waals surface area contributed by atoms with Crippen LogP contribution in [-0.4, -0.2) is 24.9 Å². The normalized spacial score (nSPS) is 10.1. The van der Waals surface area contributed by atoms with Crippen LogP contribution in [0.4, 0.5) is 5.69 Å². The molecule has 0 saturated heterocycles. The molecule has 0 saturated carbocycles. The zero-order valence-corrected chi connectivity index (χ0v) is 12.4. The first-order chi connectivity index (χ1) is 8.93. The van der Waals surface area contributed by atoms with Crippen LogP contribution in [0, 0.1) is 0 Å². The number of rotatable bonds is 5. The van der Waals surface area contributed by atoms with Crippen molar-refractivity contribution in [3.05, 3.63) is 28.2 Å². The van der Waals surface area contributed by atoms with Crippen molar-refractivity contribution in [3.63, 3.8) is 0 Å². The van der Waals surface area contributed by atoms with Crippen molar-refractivity contribution in [3.8, 4) is 0 Å². The van der Waals surface area contributed by atoms with E-state index in [2.05, 4.69) is 5.32 Å². The van der Waals surface area contributed by atoms with Gasteiger partial charge in [-0.3, -0.25) is 9.59 Å². The zero-order chi connectivity index (χ0) is 14.4. The molecule has 0 aliphatic heterocycles. The quantitative estimate of drug-likeness (QED) is 0.909. The number of benzene rings is 1. The smallest absolute Gasteiger partial charge is 0.223 e. The van der Waals surface area contributed by atoms with E-state index in [0.717, 1.165) is 0 Å². The van der Waals surface area contributed by atoms with Crippen LogP contribution in [0.15, 0.2) is 18.2 Å². The van der Waals surface area contributed by atoms with E-state index in [1.54, 1.807) is 25.1 Å². The average Bonchev–Trinajstić information content (AvgIpc) is 2.32. The van der Waals surface area contributed by atoms with Crippen molar-refractivity contribution in [1.82, 2.24) is 5.32 Å². The fourth-order valence-electron chi connectivity index (χ4n) is 1.60. The Balaban J connectivity index is 2.77. The van der Waals surface area contributed by atoms with Gasteiger partial charge < -0.3 is 10.2 Å². The minimum absolute atomic E-state index is 0.0485. The molecule has 1 aromatic rings. The molecule has 0 heterocycles. The molecule has 1 N–H and O–H groups in total. The molecule has 104 valence electrons. The lowest BCUT2D eigenvalue weighted by molar-refractivity contribution is -0.121. The SMILES string of the molecule is CCC(=O)NCCN(C(C)=O)c1cc(Cl)cc(Cl)c1. The van der Waals surface area contributed by atoms with E-state index in [4.69, 9.17) is 23.2 Å². The Labute approximate surface area is 122 Å². The van der Waals surface area contributed by atoms with Crippen LogP contribution in [0.3, 0.4) is 0 Å². The van der Waals surface area contributed by atoms with Crippen molar-refractivity contribution in [2.24, 2.45) is 0 Å². The maximum absolute atomic E-state index is 11.6. The molecule has 0 aliphatic carbocycles. The maximum atomic E-state index is 11.6. The molecule has 0 aliphatic rings. The Morgan fingerprint density at radius 2 is 1.79 bits per heavy atom. The van der Waals surface area contributed by atoms with Gasteiger partial charge in [-0.15, -0.1) is 0 Å². The Morgan fingerprint density at radius 3 is 2.26 bits per heavy atom. The predicted molar refractivity (Wildman–Crippen MR) is 77.8 cm³/mol. The lowest BCUT2D eigenvalue weighted by Gasteiger charge is -2.22. The molecule has 0 radical (unpaired) electrons. The van der Waals surface area contributed by atoms with Gasteiger partial charge in [-0.1, -0.05) is 30.1 Å². The van der Waals surface area contributed by atoms with Crippen LogP contribution in [0.2, 0.25) is 10.0 Å². The minimum Gasteiger partial charge on any atom is -0.354 e. The van der Waals surface area contributed by atoms with E-state index >= 15 is 0 Å². The number of nitrogens with one attached hydrogen (secondary N) is 1. The predicted octanol–water partition coefficient (Wildman–Crippen LogP) is 2.87. The number of carbonyl (C=O) groups excluding carboxylic acids is 2. The first-order valence-electron chi connectivity index (χ1n) is 5.95. The molecule has 0 bridgehead atoms. The summed E-state index contributed by atoms with van der Waals surface area (Å²) >= 11 is 11.8. The summed E-state index contributed by atoms with van der Waals surface area (Å²) in [5, 5.41) is 3.65. The van der Waals surface area contributed by atoms with Gasteiger partial charge in [-0.2, -0.15) is 0 Å². The summed E-state index contributed by atoms with van der Waals surface area (Å²) in [4.78, 5) is 24.3. The summed E-state index contributed by atoms with van der Waals surface area (Å²) in [6.45, 7) is 3.99. The van der Waals surface area contributed by atoms with E-state index in [0.29, 0.717) is 35.2 Å². The first-order valence-corrected chi connectivity index (χ1v) is 6.70. The van der Waals surface area contributed by atoms with Crippen molar-refractivity contribution in [2.45, 2.75) is 20.3 Å². The van der Waals surface area contributed by atoms with Crippen LogP contribution in [-0.2, 0) is 9.59 Å². The van der Waals surface area contributed by atoms with E-state index in [1.807, 2.05) is 0 Å². The molecule has 1 aromatic carbocycles. The number of hydrogen-bond donors (Lipinski definition) is 1. The van der Waals surface area contributed by atoms with Gasteiger partial charge in [0, 0.05) is 42.2 Å². The molecule has 6 heteroatoms. The monoisotopic (exact) mass is 302 g/mol. The Morgan fingerprint density at radius 1 is 1.21 bits per heavy atom. The fraction of sp³-hybridized carbons (Fsp3) is 0.385. The Kier molecular flexibility index (Phi) is 6.12. The molecule has 0 spiro atoms. The van der Waals surface area contributed by atoms with Gasteiger partial charge in [0.15, 0.2) is 0 Å². The first kappa shape index (κ1) is 15.8. The van der Waals surface area contributed by atoms with Crippen molar-refractivity contribution < 1.29 is 9.59 Å². The van der Waals surface area contributed by atoms with E-state index in [9.17, 15) is 9.59 Å². The third kappa shape index (κ3) is 5.09. The van der Waals surface area contributed by atoms with Gasteiger partial charge in [-0.05, 0) is 18.2 Å². The van der Waals surface area contributed by atoms with E-state index in [-0.39, 0.29) is 11.8 Å². The van der Waals surface area contributed by atoms with Crippen molar-refractivity contribution in [1.29, 1.82) is 0 Å². The molecular weight excluding hydrogens is 287 g/mol. The number of nitrogens with zero attached hydrogens (tertiary/aromatic N) is 1. The van der Waals surface area contributed by atoms with Gasteiger partial charge >= 0.3 is 0 Å². The molecule has 19 heavy (non-hydrogen) atoms. The molecule has 0 aromatic heterocycles. The van der Waals surface area contributed by atoms with Crippen molar-refractivity contribution >= 4 is 40.7 Å². The van der Waals surface area contributed by atoms with Gasteiger partial charge in [0.25, 0.3) is 0 Å². The van der Waals surface area contributed by atoms with E-state index in [1.165, 1.54) is 11.8 Å². The van der Waals surface area contributed by atoms with Gasteiger partial charge in [0.1, 0.15) is 0 Å². The lowest BCUT2D eigenvalue weighted by Crippen LogP contribution is -2.37. The fourth-order valence-corrected chi connectivity index (χ4v) is 2.11. The third-order valence-electron chi connectivity index (χ3n) is 2.52. The maximum Gasteiger partial charge on any atom is 0.223 e. The largest absolute Gasteiger partial charge is 0.354 e. The van der Waals surface area contributed by atoms with Crippen LogP contribution in [0.25, 0.3) is 0 Å². The number of amides is 2. The second-order valence-corrected chi connectivity index (χ2v) is 4.87. The van der Waals surface area contributed by atoms with Crippen molar-refractivity contribution in [2.75, 3.05) is 18.0 Å². The number of halogens is 2. The third-order valence-corrected chi connectivity index (χ3v) is 2.95. The molecular formula is C13H16Cl2N2O2. The molecule has 0 unspecified atom stereocenters. The second kappa shape index (κ2) is 7.36. The second-order valence-electron chi connectivity index (χ2n) is 4.00. The number of carbonyl (C=O) groups is 2. The summed E-state index contributed by atoms with van der Waals surface area (Å²) in [7, 11) is 0. The molecule has 0 atom stereocenters. The molecule has 0 fully saturated rings. The summed E-state index contributed by atoms with van der Waals surface area (Å²) < 4.78 is 0. The van der Waals surface area contributed by atoms with Crippen LogP contribution < -0.4 is 10.2 Å². The highest BCUT2D eigenvalue weighted by molar-refractivity contribution is 6.35. The lowest BCUT2D eigenvalue weighted by atomic mass is 10.2. The minimum atomic E-state index is -0.135. The molecule has 4 nitrogen and oxygen atoms in total. The van der Waals surface area contributed by atoms with Gasteiger partial charge in [0.2, 0.25) is 11.8 Å². The Hall–Kier alpha value is -1.26. The summed E-state index contributed by atoms with van der Waals surface area (Å²) in [6.07, 6.45) is 0.420. The Bertz CT molecular complexity index is 457. The number of hydrogen-bond acceptors (Lipinski definition) is 2. The van der Waals surface area contributed by atoms with E-state index < -0.39 is 0 Å². The highest BCUT2D eigenvalue weighted by Crippen LogP contribution is 2.25. The van der Waals surface area contributed by atoms with Crippen LogP contribution >= 0.6 is 23.2 Å². The highest BCUT2D eigenvalue weighted by atomic mass is 35.5. The van der Waals surface area contributed by atoms with Crippen LogP contribution in [0.5, 0.6) is 0 Å². The summed E-state index contributed by atoms with van der Waals surface area (Å²) in [5.74, 6) is -0.184. The molecule has 1 rings (SSSR count). The molecule has 2 amide bonds. The van der Waals surface area contributed by atoms with Gasteiger partial charge in [-0.25, -0.2) is 0 Å². The topological polar surface area (TPSA) is 49.4 Å². The zero-order valence-electron chi connectivity index (χ0n) is 10.9. The standard InChI is InChI=1S/C13H16Cl2N2O2/c1-3-13(19)16-4-5-17(9(2)18)12-7-10(14)6-11(15)8-12/h6-8H,3-5H2,1-2H3,(H,16,19). The summed E-state index contributed by atoms with van der Waals surface area (Å²) in [6, 6.07) is 4.93. The number of anilines is 1. The van der Waals surface area contributed by atoms with Gasteiger partial charge in [0.05, 0.1) is 0 Å². The average molecular weight is 303 g/mol.